The monoisotopic (exact) mass is 1270 g/mol. The van der Waals surface area contributed by atoms with Crippen molar-refractivity contribution in [2.45, 2.75) is 349 Å². The fraction of sp³-hybridized carbons (Fsp3) is 0.843. The zero-order valence-electron chi connectivity index (χ0n) is 54.6. The first-order valence-corrected chi connectivity index (χ1v) is 35.0. The second-order valence-electron chi connectivity index (χ2n) is 25.0. The average molecular weight is 1270 g/mol. The molecule has 3 fully saturated rings. The molecule has 0 aromatic carbocycles. The number of allylic oxidation sites excluding steroid dienone is 9. The molecule has 3 saturated heterocycles. The van der Waals surface area contributed by atoms with Crippen molar-refractivity contribution in [1.29, 1.82) is 0 Å². The van der Waals surface area contributed by atoms with Crippen LogP contribution in [0.5, 0.6) is 0 Å². The fourth-order valence-electron chi connectivity index (χ4n) is 11.6. The van der Waals surface area contributed by atoms with Crippen molar-refractivity contribution < 1.29 is 89.4 Å². The van der Waals surface area contributed by atoms with Gasteiger partial charge < -0.3 is 89.9 Å². The Hall–Kier alpha value is -2.51. The summed E-state index contributed by atoms with van der Waals surface area (Å²) in [5.74, 6) is -0.288. The minimum absolute atomic E-state index is 0.231. The summed E-state index contributed by atoms with van der Waals surface area (Å²) in [6.07, 6.45) is 36.2. The third kappa shape index (κ3) is 33.9. The summed E-state index contributed by atoms with van der Waals surface area (Å²) in [5.41, 5.74) is 0. The summed E-state index contributed by atoms with van der Waals surface area (Å²) in [7, 11) is 0. The number of nitrogens with one attached hydrogen (secondary N) is 1. The molecule has 17 atom stereocenters. The SMILES string of the molecule is CCCCCCC/C=C\C/C=C\C/C=C\CCCCCCCCCCCCCCC(=O)NC(COC1OC(CO)C(OC2OC(CO)C(OC3OC(CO)C(O)C(O)C3O)C(O)C2O)C(O)C1O)C(O)/C=C/CC/C=C/CCCCCCCCCCCCC. The van der Waals surface area contributed by atoms with Gasteiger partial charge >= 0.3 is 0 Å². The molecule has 0 aromatic rings. The second kappa shape index (κ2) is 51.8. The van der Waals surface area contributed by atoms with Crippen LogP contribution < -0.4 is 5.32 Å². The Bertz CT molecular complexity index is 1850. The number of hydrogen-bond donors (Lipinski definition) is 12. The van der Waals surface area contributed by atoms with E-state index in [1.807, 2.05) is 6.08 Å². The highest BCUT2D eigenvalue weighted by atomic mass is 16.8. The first-order chi connectivity index (χ1) is 43.3. The van der Waals surface area contributed by atoms with Gasteiger partial charge in [0.05, 0.1) is 38.6 Å². The van der Waals surface area contributed by atoms with Crippen LogP contribution in [0.1, 0.15) is 245 Å². The van der Waals surface area contributed by atoms with Crippen LogP contribution in [0.25, 0.3) is 0 Å². The largest absolute Gasteiger partial charge is 0.394 e. The Morgan fingerprint density at radius 3 is 1.20 bits per heavy atom. The summed E-state index contributed by atoms with van der Waals surface area (Å²) in [4.78, 5) is 13.4. The van der Waals surface area contributed by atoms with Crippen LogP contribution in [0.3, 0.4) is 0 Å². The molecule has 0 aromatic heterocycles. The number of aliphatic hydroxyl groups is 11. The third-order valence-corrected chi connectivity index (χ3v) is 17.3. The minimum Gasteiger partial charge on any atom is -0.394 e. The Labute approximate surface area is 535 Å². The van der Waals surface area contributed by atoms with E-state index < -0.39 is 124 Å². The van der Waals surface area contributed by atoms with Crippen LogP contribution in [0.15, 0.2) is 60.8 Å². The molecule has 12 N–H and O–H groups in total. The molecule has 19 heteroatoms. The number of carbonyl (C=O) groups excluding carboxylic acids is 1. The molecule has 0 spiro atoms. The van der Waals surface area contributed by atoms with Gasteiger partial charge in [0.2, 0.25) is 5.91 Å². The van der Waals surface area contributed by atoms with E-state index >= 15 is 0 Å². The summed E-state index contributed by atoms with van der Waals surface area (Å²) in [6.45, 7) is 1.70. The van der Waals surface area contributed by atoms with Crippen molar-refractivity contribution in [3.63, 3.8) is 0 Å². The topological polar surface area (TPSA) is 307 Å². The smallest absolute Gasteiger partial charge is 0.220 e. The first kappa shape index (κ1) is 80.7. The molecular formula is C70H125NO18. The van der Waals surface area contributed by atoms with Gasteiger partial charge in [-0.3, -0.25) is 4.79 Å². The van der Waals surface area contributed by atoms with Crippen molar-refractivity contribution in [1.82, 2.24) is 5.32 Å². The van der Waals surface area contributed by atoms with Crippen molar-refractivity contribution >= 4 is 5.91 Å². The van der Waals surface area contributed by atoms with E-state index in [0.717, 1.165) is 57.8 Å². The zero-order chi connectivity index (χ0) is 64.7. The van der Waals surface area contributed by atoms with E-state index in [4.69, 9.17) is 28.4 Å². The van der Waals surface area contributed by atoms with E-state index in [1.54, 1.807) is 6.08 Å². The summed E-state index contributed by atoms with van der Waals surface area (Å²) < 4.78 is 34.3. The standard InChI is InChI=1S/C70H125NO18/c1-3-5-7-9-11-13-15-17-19-21-22-23-24-25-26-27-28-29-30-32-34-36-38-40-42-44-46-48-58(76)71-53(54(75)47-45-43-41-39-37-35-33-31-20-18-16-14-12-10-8-6-4-2)52-84-68-64(82)61(79)66(56(50-73)86-68)89-70-65(83)62(80)67(57(51-74)87-70)88-69-63(81)60(78)59(77)55(49-72)85-69/h15,17,21-22,24-25,37,39,45,47,53-57,59-70,72-75,77-83H,3-14,16,18-20,23,26-36,38,40-44,46,48-52H2,1-2H3,(H,71,76)/b17-15-,22-21-,25-24-,39-37+,47-45+. The van der Waals surface area contributed by atoms with Gasteiger partial charge in [-0.05, 0) is 70.6 Å². The van der Waals surface area contributed by atoms with Crippen molar-refractivity contribution in [3.8, 4) is 0 Å². The van der Waals surface area contributed by atoms with E-state index in [0.29, 0.717) is 12.8 Å². The number of aliphatic hydroxyl groups excluding tert-OH is 11. The van der Waals surface area contributed by atoms with Crippen LogP contribution in [-0.2, 0) is 33.2 Å². The minimum atomic E-state index is -1.98. The molecule has 0 radical (unpaired) electrons. The molecule has 3 heterocycles. The van der Waals surface area contributed by atoms with Crippen molar-refractivity contribution in [3.05, 3.63) is 60.8 Å². The molecule has 3 aliphatic rings. The van der Waals surface area contributed by atoms with Crippen LogP contribution in [0, 0.1) is 0 Å². The lowest BCUT2D eigenvalue weighted by Gasteiger charge is -2.48. The lowest BCUT2D eigenvalue weighted by atomic mass is 9.96. The highest BCUT2D eigenvalue weighted by Gasteiger charge is 2.53. The van der Waals surface area contributed by atoms with E-state index in [-0.39, 0.29) is 18.9 Å². The van der Waals surface area contributed by atoms with Gasteiger partial charge in [-0.15, -0.1) is 0 Å². The Balaban J connectivity index is 1.43. The molecule has 3 aliphatic heterocycles. The predicted octanol–water partition coefficient (Wildman–Crippen LogP) is 9.16. The molecule has 89 heavy (non-hydrogen) atoms. The number of rotatable bonds is 53. The van der Waals surface area contributed by atoms with Crippen LogP contribution in [-0.4, -0.2) is 193 Å². The Morgan fingerprint density at radius 1 is 0.404 bits per heavy atom. The third-order valence-electron chi connectivity index (χ3n) is 17.3. The fourth-order valence-corrected chi connectivity index (χ4v) is 11.6. The van der Waals surface area contributed by atoms with E-state index in [1.165, 1.54) is 154 Å². The zero-order valence-corrected chi connectivity index (χ0v) is 54.6. The molecule has 518 valence electrons. The number of amides is 1. The van der Waals surface area contributed by atoms with Gasteiger partial charge in [-0.1, -0.05) is 229 Å². The number of hydrogen-bond acceptors (Lipinski definition) is 18. The maximum atomic E-state index is 13.4. The maximum absolute atomic E-state index is 13.4. The highest BCUT2D eigenvalue weighted by Crippen LogP contribution is 2.33. The van der Waals surface area contributed by atoms with Gasteiger partial charge in [0.1, 0.15) is 73.2 Å². The molecule has 17 unspecified atom stereocenters. The molecule has 0 bridgehead atoms. The lowest BCUT2D eigenvalue weighted by Crippen LogP contribution is -2.66. The van der Waals surface area contributed by atoms with E-state index in [9.17, 15) is 61.0 Å². The predicted molar refractivity (Wildman–Crippen MR) is 346 cm³/mol. The van der Waals surface area contributed by atoms with Gasteiger partial charge in [0.25, 0.3) is 0 Å². The number of unbranched alkanes of at least 4 members (excludes halogenated alkanes) is 29. The molecule has 3 rings (SSSR count). The summed E-state index contributed by atoms with van der Waals surface area (Å²) >= 11 is 0. The summed E-state index contributed by atoms with van der Waals surface area (Å²) in [6, 6.07) is -0.993. The van der Waals surface area contributed by atoms with Gasteiger partial charge in [-0.25, -0.2) is 0 Å². The van der Waals surface area contributed by atoms with Crippen LogP contribution in [0.4, 0.5) is 0 Å². The first-order valence-electron chi connectivity index (χ1n) is 35.0. The Kier molecular flexibility index (Phi) is 47.0. The van der Waals surface area contributed by atoms with Gasteiger partial charge in [0.15, 0.2) is 18.9 Å². The van der Waals surface area contributed by atoms with Crippen molar-refractivity contribution in [2.75, 3.05) is 26.4 Å². The van der Waals surface area contributed by atoms with Crippen LogP contribution in [0.2, 0.25) is 0 Å². The Morgan fingerprint density at radius 2 is 0.753 bits per heavy atom. The number of carbonyl (C=O) groups is 1. The average Bonchev–Trinajstić information content (AvgIpc) is 2.46. The van der Waals surface area contributed by atoms with Crippen molar-refractivity contribution in [2.24, 2.45) is 0 Å². The van der Waals surface area contributed by atoms with Gasteiger partial charge in [-0.2, -0.15) is 0 Å². The van der Waals surface area contributed by atoms with E-state index in [2.05, 4.69) is 67.8 Å². The molecular weight excluding hydrogens is 1140 g/mol. The van der Waals surface area contributed by atoms with Gasteiger partial charge in [0, 0.05) is 6.42 Å². The molecule has 1 amide bonds. The van der Waals surface area contributed by atoms with Crippen LogP contribution >= 0.6 is 0 Å². The normalized spacial score (nSPS) is 28.6. The molecule has 0 aliphatic carbocycles. The number of ether oxygens (including phenoxy) is 6. The molecule has 19 nitrogen and oxygen atoms in total. The quantitative estimate of drug-likeness (QED) is 0.0199. The maximum Gasteiger partial charge on any atom is 0.220 e. The highest BCUT2D eigenvalue weighted by molar-refractivity contribution is 5.76. The molecule has 0 saturated carbocycles. The summed E-state index contributed by atoms with van der Waals surface area (Å²) in [5, 5.41) is 120. The second-order valence-corrected chi connectivity index (χ2v) is 25.0. The lowest BCUT2D eigenvalue weighted by molar-refractivity contribution is -0.379.